The monoisotopic (exact) mass is 570 g/mol. The Balaban J connectivity index is 0.00000385. The van der Waals surface area contributed by atoms with Gasteiger partial charge in [-0.1, -0.05) is 49.6 Å². The van der Waals surface area contributed by atoms with E-state index in [9.17, 15) is 4.79 Å². The van der Waals surface area contributed by atoms with Crippen molar-refractivity contribution in [3.05, 3.63) is 35.9 Å². The molecular weight excluding hydrogens is 527 g/mol. The van der Waals surface area contributed by atoms with Crippen LogP contribution in [0.2, 0.25) is 0 Å². The van der Waals surface area contributed by atoms with Crippen LogP contribution >= 0.6 is 24.0 Å². The minimum absolute atomic E-state index is 0. The molecule has 0 spiro atoms. The van der Waals surface area contributed by atoms with Crippen LogP contribution in [-0.4, -0.2) is 62.7 Å². The fourth-order valence-electron chi connectivity index (χ4n) is 4.67. The van der Waals surface area contributed by atoms with E-state index in [1.54, 1.807) is 7.05 Å². The predicted molar refractivity (Wildman–Crippen MR) is 146 cm³/mol. The zero-order valence-electron chi connectivity index (χ0n) is 20.3. The molecule has 2 N–H and O–H groups in total. The van der Waals surface area contributed by atoms with E-state index in [1.807, 2.05) is 11.0 Å². The highest BCUT2D eigenvalue weighted by Gasteiger charge is 2.29. The van der Waals surface area contributed by atoms with Gasteiger partial charge in [0.25, 0.3) is 0 Å². The van der Waals surface area contributed by atoms with Crippen molar-refractivity contribution in [3.8, 4) is 0 Å². The summed E-state index contributed by atoms with van der Waals surface area (Å²) in [5, 5.41) is 6.81. The van der Waals surface area contributed by atoms with E-state index in [4.69, 9.17) is 4.74 Å². The highest BCUT2D eigenvalue weighted by atomic mass is 127. The molecule has 6 nitrogen and oxygen atoms in total. The summed E-state index contributed by atoms with van der Waals surface area (Å²) in [6.45, 7) is 4.22. The number of amides is 1. The Bertz CT molecular complexity index is 695. The van der Waals surface area contributed by atoms with Crippen LogP contribution in [0.4, 0.5) is 0 Å². The van der Waals surface area contributed by atoms with E-state index in [2.05, 4.69) is 39.9 Å². The van der Waals surface area contributed by atoms with Gasteiger partial charge in [0.05, 0.1) is 6.10 Å². The third kappa shape index (κ3) is 10.6. The van der Waals surface area contributed by atoms with Gasteiger partial charge in [-0.25, -0.2) is 0 Å². The third-order valence-electron chi connectivity index (χ3n) is 6.61. The fourth-order valence-corrected chi connectivity index (χ4v) is 4.67. The molecule has 1 aromatic rings. The van der Waals surface area contributed by atoms with Gasteiger partial charge < -0.3 is 20.3 Å². The van der Waals surface area contributed by atoms with Crippen molar-refractivity contribution < 1.29 is 9.53 Å². The lowest BCUT2D eigenvalue weighted by molar-refractivity contribution is -0.127. The van der Waals surface area contributed by atoms with Gasteiger partial charge in [-0.3, -0.25) is 9.79 Å². The summed E-state index contributed by atoms with van der Waals surface area (Å²) >= 11 is 0. The number of nitrogens with one attached hydrogen (secondary N) is 2. The van der Waals surface area contributed by atoms with Crippen molar-refractivity contribution in [2.45, 2.75) is 70.3 Å². The molecule has 1 aliphatic heterocycles. The van der Waals surface area contributed by atoms with Crippen LogP contribution in [0.15, 0.2) is 35.3 Å². The van der Waals surface area contributed by atoms with E-state index >= 15 is 0 Å². The first-order valence-corrected chi connectivity index (χ1v) is 12.6. The zero-order chi connectivity index (χ0) is 22.4. The molecule has 1 heterocycles. The molecule has 1 aliphatic carbocycles. The number of halogens is 1. The Morgan fingerprint density at radius 2 is 1.88 bits per heavy atom. The Labute approximate surface area is 217 Å². The first-order chi connectivity index (χ1) is 15.7. The van der Waals surface area contributed by atoms with Gasteiger partial charge in [0.1, 0.15) is 0 Å². The maximum atomic E-state index is 12.4. The molecule has 0 aromatic heterocycles. The predicted octanol–water partition coefficient (Wildman–Crippen LogP) is 4.38. The Kier molecular flexibility index (Phi) is 13.8. The number of ether oxygens (including phenoxy) is 1. The van der Waals surface area contributed by atoms with Crippen LogP contribution in [0.25, 0.3) is 0 Å². The normalized spacial score (nSPS) is 19.4. The van der Waals surface area contributed by atoms with Crippen molar-refractivity contribution in [1.29, 1.82) is 0 Å². The van der Waals surface area contributed by atoms with Crippen LogP contribution in [-0.2, 0) is 16.0 Å². The second kappa shape index (κ2) is 16.3. The van der Waals surface area contributed by atoms with Gasteiger partial charge in [-0.15, -0.1) is 24.0 Å². The number of aliphatic imine (C=N–C) groups is 1. The summed E-state index contributed by atoms with van der Waals surface area (Å²) in [6, 6.07) is 10.4. The Hall–Kier alpha value is -1.35. The van der Waals surface area contributed by atoms with E-state index in [1.165, 1.54) is 44.1 Å². The van der Waals surface area contributed by atoms with Gasteiger partial charge in [0.15, 0.2) is 5.96 Å². The summed E-state index contributed by atoms with van der Waals surface area (Å²) in [6.07, 6.45) is 12.0. The molecule has 1 atom stereocenters. The Morgan fingerprint density at radius 3 is 2.64 bits per heavy atom. The maximum absolute atomic E-state index is 12.4. The van der Waals surface area contributed by atoms with Crippen LogP contribution in [0.1, 0.15) is 63.4 Å². The minimum Gasteiger partial charge on any atom is -0.378 e. The molecule has 7 heteroatoms. The number of unbranched alkanes of at least 4 members (excludes halogenated alkanes) is 2. The number of benzene rings is 1. The van der Waals surface area contributed by atoms with E-state index < -0.39 is 0 Å². The SMILES string of the molecule is CN=C(NCCCCCOC1CCCCC1)NCC1CC(=O)N(CCc2ccccc2)C1.I. The van der Waals surface area contributed by atoms with Crippen LogP contribution in [0, 0.1) is 5.92 Å². The highest BCUT2D eigenvalue weighted by Crippen LogP contribution is 2.20. The second-order valence-corrected chi connectivity index (χ2v) is 9.22. The van der Waals surface area contributed by atoms with Crippen molar-refractivity contribution in [2.75, 3.05) is 39.8 Å². The third-order valence-corrected chi connectivity index (χ3v) is 6.61. The smallest absolute Gasteiger partial charge is 0.223 e. The lowest BCUT2D eigenvalue weighted by Crippen LogP contribution is -2.40. The highest BCUT2D eigenvalue weighted by molar-refractivity contribution is 14.0. The number of nitrogens with zero attached hydrogens (tertiary/aromatic N) is 2. The number of carbonyl (C=O) groups excluding carboxylic acids is 1. The summed E-state index contributed by atoms with van der Waals surface area (Å²) in [5.41, 5.74) is 1.28. The van der Waals surface area contributed by atoms with Crippen molar-refractivity contribution in [2.24, 2.45) is 10.9 Å². The molecular formula is C26H43IN4O2. The first kappa shape index (κ1) is 27.9. The molecule has 1 unspecified atom stereocenters. The van der Waals surface area contributed by atoms with Crippen LogP contribution < -0.4 is 10.6 Å². The standard InChI is InChI=1S/C26H42N4O2.HI/c1-27-26(28-16-9-4-10-18-32-24-13-7-3-8-14-24)29-20-23-19-25(31)30(21-23)17-15-22-11-5-2-6-12-22;/h2,5-6,11-12,23-24H,3-4,7-10,13-21H2,1H3,(H2,27,28,29);1H. The van der Waals surface area contributed by atoms with E-state index in [0.29, 0.717) is 18.4 Å². The average molecular weight is 571 g/mol. The number of carbonyl (C=O) groups is 1. The minimum atomic E-state index is 0. The molecule has 33 heavy (non-hydrogen) atoms. The van der Waals surface area contributed by atoms with E-state index in [-0.39, 0.29) is 29.9 Å². The number of guanidine groups is 1. The lowest BCUT2D eigenvalue weighted by Gasteiger charge is -2.21. The topological polar surface area (TPSA) is 66.0 Å². The first-order valence-electron chi connectivity index (χ1n) is 12.6. The van der Waals surface area contributed by atoms with E-state index in [0.717, 1.165) is 58.0 Å². The zero-order valence-corrected chi connectivity index (χ0v) is 22.6. The number of hydrogen-bond donors (Lipinski definition) is 2. The summed E-state index contributed by atoms with van der Waals surface area (Å²) in [5.74, 6) is 1.44. The molecule has 0 radical (unpaired) electrons. The number of hydrogen-bond acceptors (Lipinski definition) is 3. The maximum Gasteiger partial charge on any atom is 0.223 e. The quantitative estimate of drug-likeness (QED) is 0.170. The average Bonchev–Trinajstić information content (AvgIpc) is 3.19. The summed E-state index contributed by atoms with van der Waals surface area (Å²) in [4.78, 5) is 18.7. The lowest BCUT2D eigenvalue weighted by atomic mass is 9.98. The van der Waals surface area contributed by atoms with Crippen LogP contribution in [0.3, 0.4) is 0 Å². The molecule has 186 valence electrons. The fraction of sp³-hybridized carbons (Fsp3) is 0.692. The van der Waals surface area contributed by atoms with Crippen molar-refractivity contribution >= 4 is 35.8 Å². The number of likely N-dealkylation sites (tertiary alicyclic amines) is 1. The molecule has 1 aromatic carbocycles. The molecule has 2 aliphatic rings. The Morgan fingerprint density at radius 1 is 1.09 bits per heavy atom. The molecule has 1 amide bonds. The van der Waals surface area contributed by atoms with Gasteiger partial charge in [-0.2, -0.15) is 0 Å². The summed E-state index contributed by atoms with van der Waals surface area (Å²) in [7, 11) is 1.80. The van der Waals surface area contributed by atoms with Crippen LogP contribution in [0.5, 0.6) is 0 Å². The van der Waals surface area contributed by atoms with Gasteiger partial charge in [0, 0.05) is 52.2 Å². The van der Waals surface area contributed by atoms with Gasteiger partial charge in [-0.05, 0) is 44.1 Å². The molecule has 1 saturated carbocycles. The second-order valence-electron chi connectivity index (χ2n) is 9.22. The molecule has 2 fully saturated rings. The molecule has 0 bridgehead atoms. The van der Waals surface area contributed by atoms with Crippen molar-refractivity contribution in [3.63, 3.8) is 0 Å². The molecule has 3 rings (SSSR count). The van der Waals surface area contributed by atoms with Gasteiger partial charge in [0.2, 0.25) is 5.91 Å². The van der Waals surface area contributed by atoms with Gasteiger partial charge >= 0.3 is 0 Å². The molecule has 1 saturated heterocycles. The van der Waals surface area contributed by atoms with Crippen molar-refractivity contribution in [1.82, 2.24) is 15.5 Å². The number of rotatable bonds is 12. The largest absolute Gasteiger partial charge is 0.378 e. The summed E-state index contributed by atoms with van der Waals surface area (Å²) < 4.78 is 6.00.